The van der Waals surface area contributed by atoms with Crippen molar-refractivity contribution in [2.75, 3.05) is 13.2 Å². The molecule has 0 unspecified atom stereocenters. The summed E-state index contributed by atoms with van der Waals surface area (Å²) in [7, 11) is 0. The number of carboxylic acid groups (broad SMARTS) is 1. The predicted molar refractivity (Wildman–Crippen MR) is 80.6 cm³/mol. The zero-order valence-electron chi connectivity index (χ0n) is 13.4. The Hall–Kier alpha value is -1.56. The molecule has 1 atom stereocenters. The molecule has 0 heterocycles. The summed E-state index contributed by atoms with van der Waals surface area (Å²) in [6.07, 6.45) is 3.39. The Balaban J connectivity index is 3.96. The Morgan fingerprint density at radius 2 is 1.64 bits per heavy atom. The fourth-order valence-corrected chi connectivity index (χ4v) is 1.95. The van der Waals surface area contributed by atoms with Gasteiger partial charge in [0.15, 0.2) is 11.6 Å². The molecule has 0 aliphatic carbocycles. The van der Waals surface area contributed by atoms with Gasteiger partial charge in [-0.05, 0) is 19.8 Å². The third-order valence-electron chi connectivity index (χ3n) is 3.25. The highest BCUT2D eigenvalue weighted by Gasteiger charge is 2.21. The summed E-state index contributed by atoms with van der Waals surface area (Å²) in [5, 5.41) is 9.01. The quantitative estimate of drug-likeness (QED) is 0.493. The first-order valence-electron chi connectivity index (χ1n) is 7.70. The molecule has 126 valence electrons. The molecule has 0 aromatic rings. The van der Waals surface area contributed by atoms with Crippen molar-refractivity contribution in [3.63, 3.8) is 0 Å². The van der Waals surface area contributed by atoms with E-state index in [1.165, 1.54) is 6.92 Å². The van der Waals surface area contributed by atoms with E-state index in [-0.39, 0.29) is 49.8 Å². The van der Waals surface area contributed by atoms with E-state index < -0.39 is 11.9 Å². The Morgan fingerprint density at radius 3 is 2.18 bits per heavy atom. The zero-order chi connectivity index (χ0) is 17.0. The Kier molecular flexibility index (Phi) is 11.2. The lowest BCUT2D eigenvalue weighted by Gasteiger charge is -2.10. The minimum Gasteiger partial charge on any atom is -0.481 e. The summed E-state index contributed by atoms with van der Waals surface area (Å²) in [6.45, 7) is 3.06. The van der Waals surface area contributed by atoms with Gasteiger partial charge < -0.3 is 14.6 Å². The summed E-state index contributed by atoms with van der Waals surface area (Å²) in [4.78, 5) is 45.0. The number of rotatable bonds is 14. The molecule has 0 saturated heterocycles. The maximum absolute atomic E-state index is 11.7. The molecule has 0 fully saturated rings. The summed E-state index contributed by atoms with van der Waals surface area (Å²) >= 11 is 0. The lowest BCUT2D eigenvalue weighted by Crippen LogP contribution is -2.22. The first-order chi connectivity index (χ1) is 10.4. The summed E-state index contributed by atoms with van der Waals surface area (Å²) in [5.74, 6) is -2.48. The molecule has 0 saturated carbocycles. The summed E-state index contributed by atoms with van der Waals surface area (Å²) in [6, 6.07) is 0. The normalized spacial score (nSPS) is 11.9. The van der Waals surface area contributed by atoms with Gasteiger partial charge in [-0.2, -0.15) is 0 Å². The van der Waals surface area contributed by atoms with Gasteiger partial charge in [0.2, 0.25) is 0 Å². The van der Waals surface area contributed by atoms with Crippen LogP contribution in [0.3, 0.4) is 0 Å². The zero-order valence-corrected chi connectivity index (χ0v) is 13.4. The van der Waals surface area contributed by atoms with E-state index in [1.54, 1.807) is 0 Å². The number of hydrogen-bond donors (Lipinski definition) is 1. The standard InChI is InChI=1S/C16H26O6/c1-3-4-5-6-14(18)10-22-11-15(19)9-13(16(20)21)8-7-12(2)17/h13H,3-11H2,1-2H3,(H,20,21)/t13-/m1/s1. The highest BCUT2D eigenvalue weighted by molar-refractivity contribution is 5.85. The average Bonchev–Trinajstić information content (AvgIpc) is 2.43. The molecular formula is C16H26O6. The van der Waals surface area contributed by atoms with Gasteiger partial charge in [0.1, 0.15) is 19.0 Å². The van der Waals surface area contributed by atoms with Crippen LogP contribution in [-0.4, -0.2) is 41.6 Å². The fraction of sp³-hybridized carbons (Fsp3) is 0.750. The lowest BCUT2D eigenvalue weighted by atomic mass is 9.96. The SMILES string of the molecule is CCCCCC(=O)COCC(=O)C[C@@H](CCC(C)=O)C(=O)O. The third-order valence-corrected chi connectivity index (χ3v) is 3.25. The third kappa shape index (κ3) is 11.1. The van der Waals surface area contributed by atoms with Gasteiger partial charge in [-0.1, -0.05) is 19.8 Å². The van der Waals surface area contributed by atoms with E-state index in [4.69, 9.17) is 9.84 Å². The van der Waals surface area contributed by atoms with Crippen LogP contribution in [0, 0.1) is 5.92 Å². The van der Waals surface area contributed by atoms with E-state index >= 15 is 0 Å². The van der Waals surface area contributed by atoms with Gasteiger partial charge in [0.25, 0.3) is 0 Å². The number of hydrogen-bond acceptors (Lipinski definition) is 5. The number of ketones is 3. The fourth-order valence-electron chi connectivity index (χ4n) is 1.95. The van der Waals surface area contributed by atoms with Gasteiger partial charge >= 0.3 is 5.97 Å². The van der Waals surface area contributed by atoms with Crippen LogP contribution in [0.15, 0.2) is 0 Å². The molecule has 6 heteroatoms. The van der Waals surface area contributed by atoms with Crippen LogP contribution in [-0.2, 0) is 23.9 Å². The second-order valence-electron chi connectivity index (χ2n) is 5.51. The number of carboxylic acids is 1. The van der Waals surface area contributed by atoms with E-state index in [1.807, 2.05) is 6.92 Å². The molecule has 0 spiro atoms. The summed E-state index contributed by atoms with van der Waals surface area (Å²) < 4.78 is 5.04. The van der Waals surface area contributed by atoms with Crippen LogP contribution >= 0.6 is 0 Å². The molecule has 0 rings (SSSR count). The van der Waals surface area contributed by atoms with Gasteiger partial charge in [0, 0.05) is 19.3 Å². The second-order valence-corrected chi connectivity index (χ2v) is 5.51. The van der Waals surface area contributed by atoms with Gasteiger partial charge in [-0.15, -0.1) is 0 Å². The predicted octanol–water partition coefficient (Wildman–Crippen LogP) is 2.18. The van der Waals surface area contributed by atoms with Crippen LogP contribution in [0.2, 0.25) is 0 Å². The lowest BCUT2D eigenvalue weighted by molar-refractivity contribution is -0.145. The number of unbranched alkanes of at least 4 members (excludes halogenated alkanes) is 2. The molecule has 0 aliphatic rings. The van der Waals surface area contributed by atoms with E-state index in [9.17, 15) is 19.2 Å². The van der Waals surface area contributed by atoms with Gasteiger partial charge in [0.05, 0.1) is 5.92 Å². The largest absolute Gasteiger partial charge is 0.481 e. The van der Waals surface area contributed by atoms with Crippen molar-refractivity contribution in [3.8, 4) is 0 Å². The van der Waals surface area contributed by atoms with Crippen molar-refractivity contribution in [2.24, 2.45) is 5.92 Å². The molecule has 0 bridgehead atoms. The minimum atomic E-state index is -1.09. The van der Waals surface area contributed by atoms with Crippen molar-refractivity contribution >= 4 is 23.3 Å². The Bertz CT molecular complexity index is 388. The maximum atomic E-state index is 11.7. The monoisotopic (exact) mass is 314 g/mol. The molecule has 0 aromatic heterocycles. The van der Waals surface area contributed by atoms with Crippen molar-refractivity contribution in [1.82, 2.24) is 0 Å². The maximum Gasteiger partial charge on any atom is 0.306 e. The molecule has 0 radical (unpaired) electrons. The molecule has 6 nitrogen and oxygen atoms in total. The topological polar surface area (TPSA) is 97.7 Å². The van der Waals surface area contributed by atoms with Crippen molar-refractivity contribution in [3.05, 3.63) is 0 Å². The van der Waals surface area contributed by atoms with Crippen LogP contribution < -0.4 is 0 Å². The highest BCUT2D eigenvalue weighted by atomic mass is 16.5. The Morgan fingerprint density at radius 1 is 1.00 bits per heavy atom. The number of carbonyl (C=O) groups is 4. The minimum absolute atomic E-state index is 0.0485. The molecular weight excluding hydrogens is 288 g/mol. The molecule has 0 aromatic carbocycles. The van der Waals surface area contributed by atoms with E-state index in [0.29, 0.717) is 6.42 Å². The van der Waals surface area contributed by atoms with E-state index in [2.05, 4.69) is 0 Å². The molecule has 22 heavy (non-hydrogen) atoms. The molecule has 1 N–H and O–H groups in total. The number of aliphatic carboxylic acids is 1. The number of Topliss-reactive ketones (excluding diaryl/α,β-unsaturated/α-hetero) is 3. The first-order valence-corrected chi connectivity index (χ1v) is 7.70. The van der Waals surface area contributed by atoms with Crippen molar-refractivity contribution in [1.29, 1.82) is 0 Å². The van der Waals surface area contributed by atoms with E-state index in [0.717, 1.165) is 19.3 Å². The van der Waals surface area contributed by atoms with Crippen LogP contribution in [0.4, 0.5) is 0 Å². The van der Waals surface area contributed by atoms with Gasteiger partial charge in [-0.25, -0.2) is 0 Å². The molecule has 0 amide bonds. The van der Waals surface area contributed by atoms with Crippen molar-refractivity contribution in [2.45, 2.75) is 58.8 Å². The van der Waals surface area contributed by atoms with Gasteiger partial charge in [-0.3, -0.25) is 14.4 Å². The average molecular weight is 314 g/mol. The highest BCUT2D eigenvalue weighted by Crippen LogP contribution is 2.13. The smallest absolute Gasteiger partial charge is 0.306 e. The van der Waals surface area contributed by atoms with Crippen LogP contribution in [0.25, 0.3) is 0 Å². The second kappa shape index (κ2) is 12.0. The first kappa shape index (κ1) is 20.4. The van der Waals surface area contributed by atoms with Crippen LogP contribution in [0.5, 0.6) is 0 Å². The van der Waals surface area contributed by atoms with Crippen LogP contribution in [0.1, 0.15) is 58.8 Å². The Labute approximate surface area is 131 Å². The number of ether oxygens (including phenoxy) is 1. The molecule has 0 aliphatic heterocycles. The van der Waals surface area contributed by atoms with Crippen molar-refractivity contribution < 1.29 is 29.0 Å². The number of carbonyl (C=O) groups excluding carboxylic acids is 3. The summed E-state index contributed by atoms with van der Waals surface area (Å²) in [5.41, 5.74) is 0.